The lowest BCUT2D eigenvalue weighted by Crippen LogP contribution is -2.74. The van der Waals surface area contributed by atoms with E-state index in [0.29, 0.717) is 0 Å². The molecule has 0 radical (unpaired) electrons. The van der Waals surface area contributed by atoms with Gasteiger partial charge in [0.05, 0.1) is 21.9 Å². The van der Waals surface area contributed by atoms with Crippen LogP contribution in [0.15, 0.2) is 259 Å². The van der Waals surface area contributed by atoms with Gasteiger partial charge in [0, 0.05) is 32.9 Å². The second-order valence-corrected chi connectivity index (χ2v) is 21.1. The monoisotopic (exact) mass is 858 g/mol. The van der Waals surface area contributed by atoms with Gasteiger partial charge in [-0.25, -0.2) is 0 Å². The fourth-order valence-electron chi connectivity index (χ4n) is 10.7. The second-order valence-electron chi connectivity index (χ2n) is 17.2. The number of benzene rings is 10. The van der Waals surface area contributed by atoms with Crippen LogP contribution in [0.3, 0.4) is 0 Å². The van der Waals surface area contributed by atoms with E-state index in [1.54, 1.807) is 0 Å². The predicted octanol–water partition coefficient (Wildman–Crippen LogP) is 13.3. The summed E-state index contributed by atoms with van der Waals surface area (Å²) in [7, 11) is -2.76. The highest BCUT2D eigenvalue weighted by Gasteiger charge is 2.41. The van der Waals surface area contributed by atoms with E-state index >= 15 is 0 Å². The van der Waals surface area contributed by atoms with Crippen molar-refractivity contribution in [2.75, 3.05) is 0 Å². The van der Waals surface area contributed by atoms with Gasteiger partial charge in [-0.2, -0.15) is 0 Å². The number of aromatic nitrogens is 2. The minimum atomic E-state index is -2.76. The van der Waals surface area contributed by atoms with Crippen molar-refractivity contribution >= 4 is 83.6 Å². The van der Waals surface area contributed by atoms with Gasteiger partial charge in [0.15, 0.2) is 8.07 Å². The van der Waals surface area contributed by atoms with E-state index in [1.165, 1.54) is 70.2 Å². The summed E-state index contributed by atoms with van der Waals surface area (Å²) in [6.45, 7) is 0. The molecule has 0 aliphatic heterocycles. The van der Waals surface area contributed by atoms with Crippen molar-refractivity contribution in [2.45, 2.75) is 0 Å². The maximum absolute atomic E-state index is 6.56. The highest BCUT2D eigenvalue weighted by atomic mass is 28.3. The summed E-state index contributed by atoms with van der Waals surface area (Å²) >= 11 is 0. The number of nitrogens with zero attached hydrogens (tertiary/aromatic N) is 2. The molecule has 13 rings (SSSR count). The summed E-state index contributed by atoms with van der Waals surface area (Å²) in [5, 5.41) is 11.4. The molecular weight excluding hydrogens is 817 g/mol. The van der Waals surface area contributed by atoms with Gasteiger partial charge in [0.25, 0.3) is 0 Å². The second kappa shape index (κ2) is 15.4. The van der Waals surface area contributed by atoms with Gasteiger partial charge < -0.3 is 8.98 Å². The minimum Gasteiger partial charge on any atom is -0.439 e. The Bertz CT molecular complexity index is 3800. The average Bonchev–Trinajstić information content (AvgIpc) is 4.04. The Balaban J connectivity index is 0.969. The minimum absolute atomic E-state index is 0.870. The molecule has 0 aliphatic rings. The Morgan fingerprint density at radius 1 is 0.288 bits per heavy atom. The van der Waals surface area contributed by atoms with Crippen molar-refractivity contribution in [3.63, 3.8) is 0 Å². The van der Waals surface area contributed by atoms with E-state index in [2.05, 4.69) is 258 Å². The normalized spacial score (nSPS) is 11.9. The van der Waals surface area contributed by atoms with Gasteiger partial charge in [-0.15, -0.1) is 0 Å². The Labute approximate surface area is 383 Å². The van der Waals surface area contributed by atoms with Crippen LogP contribution in [0, 0.1) is 0 Å². The molecule has 0 saturated heterocycles. The van der Waals surface area contributed by atoms with Gasteiger partial charge in [0.2, 0.25) is 5.71 Å². The molecule has 0 amide bonds. The lowest BCUT2D eigenvalue weighted by atomic mass is 9.98. The van der Waals surface area contributed by atoms with Crippen LogP contribution in [-0.4, -0.2) is 17.2 Å². The van der Waals surface area contributed by atoms with E-state index in [-0.39, 0.29) is 0 Å². The van der Waals surface area contributed by atoms with Gasteiger partial charge in [-0.3, -0.25) is 4.57 Å². The first kappa shape index (κ1) is 38.1. The van der Waals surface area contributed by atoms with Crippen molar-refractivity contribution in [1.82, 2.24) is 9.13 Å². The number of rotatable bonds is 8. The van der Waals surface area contributed by atoms with Crippen molar-refractivity contribution < 1.29 is 4.42 Å². The maximum atomic E-state index is 6.56. The van der Waals surface area contributed by atoms with Gasteiger partial charge in [0.1, 0.15) is 5.58 Å². The Hall–Kier alpha value is -8.44. The first-order valence-electron chi connectivity index (χ1n) is 22.7. The van der Waals surface area contributed by atoms with Gasteiger partial charge in [-0.1, -0.05) is 194 Å². The smallest absolute Gasteiger partial charge is 0.213 e. The molecular formula is C62H42N2OSi. The molecule has 13 aromatic rings. The standard InChI is InChI=1S/C62H42N2OSi/c1-6-18-47(19-7-1)63-57-37-34-45(40-54(57)55-42-52(36-39-58(55)63)66(49-22-10-3-11-23-49,50-24-12-4-13-25-50)51-26-14-5-15-27-51)43-30-32-44(33-31-43)46-35-38-59-56(41-46)61-53-28-16-17-29-60(53)65-62(61)64(59)48-20-8-2-9-21-48/h1-42H. The maximum Gasteiger partial charge on any atom is 0.213 e. The number of hydrogen-bond donors (Lipinski definition) is 0. The summed E-state index contributed by atoms with van der Waals surface area (Å²) in [4.78, 5) is 0. The fourth-order valence-corrected chi connectivity index (χ4v) is 15.5. The molecule has 310 valence electrons. The van der Waals surface area contributed by atoms with Gasteiger partial charge in [-0.05, 0) is 104 Å². The molecule has 0 saturated carbocycles. The molecule has 0 fully saturated rings. The van der Waals surface area contributed by atoms with E-state index in [1.807, 2.05) is 6.07 Å². The molecule has 4 heteroatoms. The third-order valence-corrected chi connectivity index (χ3v) is 18.5. The number of para-hydroxylation sites is 3. The van der Waals surface area contributed by atoms with Crippen LogP contribution in [0.2, 0.25) is 0 Å². The molecule has 0 atom stereocenters. The first-order chi connectivity index (χ1) is 32.7. The summed E-state index contributed by atoms with van der Waals surface area (Å²) in [5.41, 5.74) is 12.2. The summed E-state index contributed by atoms with van der Waals surface area (Å²) in [6.07, 6.45) is 0. The zero-order valence-electron chi connectivity index (χ0n) is 36.1. The largest absolute Gasteiger partial charge is 0.439 e. The van der Waals surface area contributed by atoms with Crippen LogP contribution in [-0.2, 0) is 0 Å². The van der Waals surface area contributed by atoms with Crippen molar-refractivity contribution in [3.05, 3.63) is 255 Å². The molecule has 3 nitrogen and oxygen atoms in total. The fraction of sp³-hybridized carbons (Fsp3) is 0. The molecule has 66 heavy (non-hydrogen) atoms. The molecule has 0 bridgehead atoms. The SMILES string of the molecule is c1ccc(-n2c3ccc(-c4ccc(-c5ccc6c(c5)c5c7ccccc7oc5n6-c5ccccc5)cc4)cc3c3cc([Si](c4ccccc4)(c4ccccc4)c4ccccc4)ccc32)cc1. The Kier molecular flexibility index (Phi) is 8.86. The molecule has 3 aromatic heterocycles. The zero-order valence-corrected chi connectivity index (χ0v) is 37.1. The van der Waals surface area contributed by atoms with Crippen LogP contribution < -0.4 is 20.7 Å². The molecule has 0 aliphatic carbocycles. The molecule has 10 aromatic carbocycles. The summed E-state index contributed by atoms with van der Waals surface area (Å²) in [6, 6.07) is 93.4. The average molecular weight is 859 g/mol. The van der Waals surface area contributed by atoms with E-state index in [4.69, 9.17) is 4.42 Å². The zero-order chi connectivity index (χ0) is 43.6. The lowest BCUT2D eigenvalue weighted by Gasteiger charge is -2.34. The van der Waals surface area contributed by atoms with Crippen molar-refractivity contribution in [1.29, 1.82) is 0 Å². The number of furan rings is 1. The van der Waals surface area contributed by atoms with E-state index < -0.39 is 8.07 Å². The van der Waals surface area contributed by atoms with E-state index in [9.17, 15) is 0 Å². The molecule has 0 N–H and O–H groups in total. The number of hydrogen-bond acceptors (Lipinski definition) is 1. The van der Waals surface area contributed by atoms with Crippen LogP contribution >= 0.6 is 0 Å². The van der Waals surface area contributed by atoms with Crippen molar-refractivity contribution in [2.24, 2.45) is 0 Å². The third kappa shape index (κ3) is 5.89. The Morgan fingerprint density at radius 2 is 0.697 bits per heavy atom. The number of fused-ring (bicyclic) bond motifs is 8. The highest BCUT2D eigenvalue weighted by Crippen LogP contribution is 2.41. The van der Waals surface area contributed by atoms with Crippen LogP contribution in [0.4, 0.5) is 0 Å². The van der Waals surface area contributed by atoms with Crippen molar-refractivity contribution in [3.8, 4) is 33.6 Å². The quantitative estimate of drug-likeness (QED) is 0.110. The lowest BCUT2D eigenvalue weighted by molar-refractivity contribution is 0.645. The molecule has 0 unspecified atom stereocenters. The highest BCUT2D eigenvalue weighted by molar-refractivity contribution is 7.20. The predicted molar refractivity (Wildman–Crippen MR) is 279 cm³/mol. The Morgan fingerprint density at radius 3 is 1.24 bits per heavy atom. The third-order valence-electron chi connectivity index (χ3n) is 13.7. The van der Waals surface area contributed by atoms with Crippen LogP contribution in [0.1, 0.15) is 0 Å². The molecule has 0 spiro atoms. The summed E-state index contributed by atoms with van der Waals surface area (Å²) in [5.74, 6) is 0. The van der Waals surface area contributed by atoms with Gasteiger partial charge >= 0.3 is 0 Å². The topological polar surface area (TPSA) is 23.0 Å². The molecule has 3 heterocycles. The van der Waals surface area contributed by atoms with Crippen LogP contribution in [0.25, 0.3) is 88.4 Å². The first-order valence-corrected chi connectivity index (χ1v) is 24.7. The van der Waals surface area contributed by atoms with E-state index in [0.717, 1.165) is 39.0 Å². The summed E-state index contributed by atoms with van der Waals surface area (Å²) < 4.78 is 11.2. The van der Waals surface area contributed by atoms with Crippen LogP contribution in [0.5, 0.6) is 0 Å².